The van der Waals surface area contributed by atoms with Gasteiger partial charge >= 0.3 is 0 Å². The lowest BCUT2D eigenvalue weighted by atomic mass is 10.1. The van der Waals surface area contributed by atoms with Crippen molar-refractivity contribution in [2.75, 3.05) is 11.9 Å². The molecule has 0 radical (unpaired) electrons. The molecular weight excluding hydrogens is 198 g/mol. The van der Waals surface area contributed by atoms with Gasteiger partial charge in [-0.15, -0.1) is 0 Å². The van der Waals surface area contributed by atoms with Crippen LogP contribution in [-0.4, -0.2) is 6.54 Å². The first-order valence-electron chi connectivity index (χ1n) is 5.55. The maximum atomic E-state index is 5.76. The van der Waals surface area contributed by atoms with E-state index < -0.39 is 0 Å². The minimum atomic E-state index is 0.728. The van der Waals surface area contributed by atoms with Crippen LogP contribution in [0.4, 0.5) is 5.69 Å². The van der Waals surface area contributed by atoms with Crippen LogP contribution in [0.3, 0.4) is 0 Å². The van der Waals surface area contributed by atoms with E-state index in [-0.39, 0.29) is 0 Å². The Kier molecular flexibility index (Phi) is 3.00. The summed E-state index contributed by atoms with van der Waals surface area (Å²) in [6.45, 7) is 8.75. The van der Waals surface area contributed by atoms with Gasteiger partial charge in [-0.1, -0.05) is 18.7 Å². The molecule has 0 unspecified atom stereocenters. The highest BCUT2D eigenvalue weighted by Gasteiger charge is 2.15. The molecule has 1 heterocycles. The van der Waals surface area contributed by atoms with E-state index in [4.69, 9.17) is 4.74 Å². The summed E-state index contributed by atoms with van der Waals surface area (Å²) in [6.07, 6.45) is 0.997. The van der Waals surface area contributed by atoms with Crippen LogP contribution in [0.5, 0.6) is 0 Å². The van der Waals surface area contributed by atoms with Crippen molar-refractivity contribution in [3.05, 3.63) is 47.7 Å². The Morgan fingerprint density at radius 1 is 1.38 bits per heavy atom. The Labute approximate surface area is 96.6 Å². The number of para-hydroxylation sites is 1. The fourth-order valence-electron chi connectivity index (χ4n) is 1.88. The quantitative estimate of drug-likeness (QED) is 0.758. The molecule has 2 nitrogen and oxygen atoms in total. The van der Waals surface area contributed by atoms with E-state index in [2.05, 4.69) is 31.0 Å². The number of rotatable bonds is 2. The first-order valence-corrected chi connectivity index (χ1v) is 5.55. The van der Waals surface area contributed by atoms with E-state index in [9.17, 15) is 0 Å². The average Bonchev–Trinajstić information content (AvgIpc) is 2.40. The largest absolute Gasteiger partial charge is 0.462 e. The van der Waals surface area contributed by atoms with Crippen molar-refractivity contribution in [1.29, 1.82) is 0 Å². The number of nitrogens with one attached hydrogen (secondary N) is 1. The summed E-state index contributed by atoms with van der Waals surface area (Å²) in [6, 6.07) is 8.22. The second kappa shape index (κ2) is 4.44. The Bertz CT molecular complexity index is 446. The highest BCUT2D eigenvalue weighted by atomic mass is 16.5. The van der Waals surface area contributed by atoms with Crippen LogP contribution < -0.4 is 5.32 Å². The minimum absolute atomic E-state index is 0.728. The van der Waals surface area contributed by atoms with Crippen molar-refractivity contribution in [2.45, 2.75) is 20.3 Å². The molecule has 0 fully saturated rings. The Hall–Kier alpha value is -1.70. The fraction of sp³-hybridized carbons (Fsp3) is 0.286. The van der Waals surface area contributed by atoms with Crippen LogP contribution in [0.1, 0.15) is 25.8 Å². The molecule has 0 saturated heterocycles. The molecule has 0 saturated carbocycles. The number of hydrogen-bond acceptors (Lipinski definition) is 2. The summed E-state index contributed by atoms with van der Waals surface area (Å²) in [5.74, 6) is 1.68. The van der Waals surface area contributed by atoms with Crippen LogP contribution in [0.15, 0.2) is 42.2 Å². The Morgan fingerprint density at radius 2 is 2.12 bits per heavy atom. The average molecular weight is 215 g/mol. The Balaban J connectivity index is 2.49. The summed E-state index contributed by atoms with van der Waals surface area (Å²) >= 11 is 0. The summed E-state index contributed by atoms with van der Waals surface area (Å²) in [4.78, 5) is 0. The molecule has 1 aliphatic heterocycles. The van der Waals surface area contributed by atoms with Crippen LogP contribution >= 0.6 is 0 Å². The van der Waals surface area contributed by atoms with Crippen molar-refractivity contribution in [1.82, 2.24) is 0 Å². The molecule has 1 aliphatic rings. The Morgan fingerprint density at radius 3 is 2.88 bits per heavy atom. The van der Waals surface area contributed by atoms with E-state index in [1.165, 1.54) is 5.57 Å². The molecule has 16 heavy (non-hydrogen) atoms. The summed E-state index contributed by atoms with van der Waals surface area (Å²) in [5.41, 5.74) is 3.52. The van der Waals surface area contributed by atoms with Crippen LogP contribution in [0.25, 0.3) is 5.76 Å². The lowest BCUT2D eigenvalue weighted by Gasteiger charge is -2.13. The minimum Gasteiger partial charge on any atom is -0.462 e. The number of allylic oxidation sites excluding steroid dienone is 1. The number of hydrogen-bond donors (Lipinski definition) is 1. The van der Waals surface area contributed by atoms with Crippen molar-refractivity contribution in [3.63, 3.8) is 0 Å². The van der Waals surface area contributed by atoms with Gasteiger partial charge in [0.15, 0.2) is 0 Å². The molecule has 2 rings (SSSR count). The summed E-state index contributed by atoms with van der Waals surface area (Å²) in [5, 5.41) is 3.41. The SMILES string of the molecule is C=C(C)OC1=C(C)CCNc2ccccc21. The highest BCUT2D eigenvalue weighted by Crippen LogP contribution is 2.32. The molecule has 0 aliphatic carbocycles. The van der Waals surface area contributed by atoms with Gasteiger partial charge in [0.2, 0.25) is 0 Å². The molecule has 1 N–H and O–H groups in total. The molecular formula is C14H17NO. The van der Waals surface area contributed by atoms with Gasteiger partial charge in [-0.3, -0.25) is 0 Å². The van der Waals surface area contributed by atoms with Crippen LogP contribution in [0, 0.1) is 0 Å². The topological polar surface area (TPSA) is 21.3 Å². The first kappa shape index (κ1) is 10.8. The van der Waals surface area contributed by atoms with Gasteiger partial charge in [-0.05, 0) is 38.0 Å². The van der Waals surface area contributed by atoms with E-state index in [0.29, 0.717) is 0 Å². The number of benzene rings is 1. The smallest absolute Gasteiger partial charge is 0.135 e. The second-order valence-corrected chi connectivity index (χ2v) is 4.14. The summed E-state index contributed by atoms with van der Waals surface area (Å²) in [7, 11) is 0. The van der Waals surface area contributed by atoms with Gasteiger partial charge in [0, 0.05) is 17.8 Å². The molecule has 0 atom stereocenters. The zero-order chi connectivity index (χ0) is 11.5. The molecule has 2 heteroatoms. The van der Waals surface area contributed by atoms with Gasteiger partial charge in [-0.2, -0.15) is 0 Å². The van der Waals surface area contributed by atoms with Gasteiger partial charge < -0.3 is 10.1 Å². The van der Waals surface area contributed by atoms with Gasteiger partial charge in [0.25, 0.3) is 0 Å². The normalized spacial score (nSPS) is 14.9. The highest BCUT2D eigenvalue weighted by molar-refractivity contribution is 5.75. The number of ether oxygens (including phenoxy) is 1. The maximum absolute atomic E-state index is 5.76. The maximum Gasteiger partial charge on any atom is 0.135 e. The molecule has 0 spiro atoms. The molecule has 0 bridgehead atoms. The predicted molar refractivity (Wildman–Crippen MR) is 68.0 cm³/mol. The van der Waals surface area contributed by atoms with Gasteiger partial charge in [0.05, 0.1) is 5.76 Å². The third-order valence-electron chi connectivity index (χ3n) is 2.65. The molecule has 0 amide bonds. The monoisotopic (exact) mass is 215 g/mol. The van der Waals surface area contributed by atoms with E-state index in [1.54, 1.807) is 0 Å². The standard InChI is InChI=1S/C14H17NO/c1-10(2)16-14-11(3)8-9-15-13-7-5-4-6-12(13)14/h4-7,15H,1,8-9H2,2-3H3. The zero-order valence-electron chi connectivity index (χ0n) is 9.84. The number of fused-ring (bicyclic) bond motifs is 1. The molecule has 1 aromatic carbocycles. The second-order valence-electron chi connectivity index (χ2n) is 4.14. The van der Waals surface area contributed by atoms with Crippen LogP contribution in [0.2, 0.25) is 0 Å². The van der Waals surface area contributed by atoms with Crippen molar-refractivity contribution in [3.8, 4) is 0 Å². The lowest BCUT2D eigenvalue weighted by Crippen LogP contribution is -2.00. The van der Waals surface area contributed by atoms with Crippen LogP contribution in [-0.2, 0) is 4.74 Å². The summed E-state index contributed by atoms with van der Waals surface area (Å²) < 4.78 is 5.76. The van der Waals surface area contributed by atoms with E-state index in [1.807, 2.05) is 19.1 Å². The van der Waals surface area contributed by atoms with Crippen molar-refractivity contribution < 1.29 is 4.74 Å². The molecule has 84 valence electrons. The van der Waals surface area contributed by atoms with E-state index in [0.717, 1.165) is 35.7 Å². The first-order chi connectivity index (χ1) is 7.68. The van der Waals surface area contributed by atoms with Crippen molar-refractivity contribution in [2.24, 2.45) is 0 Å². The van der Waals surface area contributed by atoms with E-state index >= 15 is 0 Å². The van der Waals surface area contributed by atoms with Gasteiger partial charge in [-0.25, -0.2) is 0 Å². The number of anilines is 1. The third-order valence-corrected chi connectivity index (χ3v) is 2.65. The van der Waals surface area contributed by atoms with Crippen molar-refractivity contribution >= 4 is 11.4 Å². The predicted octanol–water partition coefficient (Wildman–Crippen LogP) is 3.78. The molecule has 1 aromatic rings. The van der Waals surface area contributed by atoms with Gasteiger partial charge in [0.1, 0.15) is 5.76 Å². The zero-order valence-corrected chi connectivity index (χ0v) is 9.84. The fourth-order valence-corrected chi connectivity index (χ4v) is 1.88. The third kappa shape index (κ3) is 2.11. The lowest BCUT2D eigenvalue weighted by molar-refractivity contribution is 0.383. The molecule has 0 aromatic heterocycles.